The highest BCUT2D eigenvalue weighted by Crippen LogP contribution is 2.23. The normalized spacial score (nSPS) is 10.4. The highest BCUT2D eigenvalue weighted by molar-refractivity contribution is 5.71. The van der Waals surface area contributed by atoms with Crippen molar-refractivity contribution in [2.45, 2.75) is 6.42 Å². The van der Waals surface area contributed by atoms with Crippen molar-refractivity contribution in [2.75, 3.05) is 24.2 Å². The lowest BCUT2D eigenvalue weighted by Crippen LogP contribution is -2.24. The molecule has 100 valence electrons. The van der Waals surface area contributed by atoms with Gasteiger partial charge in [-0.3, -0.25) is 4.79 Å². The van der Waals surface area contributed by atoms with Crippen molar-refractivity contribution >= 4 is 17.5 Å². The van der Waals surface area contributed by atoms with E-state index in [9.17, 15) is 4.79 Å². The van der Waals surface area contributed by atoms with Crippen LogP contribution in [0.3, 0.4) is 0 Å². The summed E-state index contributed by atoms with van der Waals surface area (Å²) in [6, 6.07) is 1.76. The maximum Gasteiger partial charge on any atom is 0.305 e. The second-order valence-corrected chi connectivity index (χ2v) is 3.95. The molecule has 0 atom stereocenters. The Balaban J connectivity index is 2.27. The third-order valence-corrected chi connectivity index (χ3v) is 2.59. The molecule has 2 aromatic heterocycles. The molecular formula is C11H14N6O2. The molecule has 0 spiro atoms. The topological polar surface area (TPSA) is 110 Å². The van der Waals surface area contributed by atoms with E-state index in [1.807, 2.05) is 0 Å². The molecule has 0 saturated heterocycles. The number of carboxylic acids is 1. The van der Waals surface area contributed by atoms with E-state index in [2.05, 4.69) is 15.1 Å². The molecule has 3 N–H and O–H groups in total. The van der Waals surface area contributed by atoms with Crippen molar-refractivity contribution < 1.29 is 9.90 Å². The molecule has 0 bridgehead atoms. The first-order valence-electron chi connectivity index (χ1n) is 5.63. The molecule has 0 aliphatic rings. The van der Waals surface area contributed by atoms with Gasteiger partial charge in [-0.15, -0.1) is 0 Å². The first-order valence-corrected chi connectivity index (χ1v) is 5.63. The van der Waals surface area contributed by atoms with E-state index < -0.39 is 5.97 Å². The van der Waals surface area contributed by atoms with Crippen molar-refractivity contribution in [3.05, 3.63) is 24.8 Å². The van der Waals surface area contributed by atoms with Crippen LogP contribution in [0.1, 0.15) is 6.42 Å². The minimum Gasteiger partial charge on any atom is -0.481 e. The standard InChI is InChI=1S/C11H14N6O2/c1-16(6-3-8(18)19)10-9(12)11(14-7-13-10)17-5-2-4-15-17/h2,4-5,7H,3,6,12H2,1H3,(H,18,19). The zero-order valence-electron chi connectivity index (χ0n) is 10.4. The van der Waals surface area contributed by atoms with Gasteiger partial charge in [0.25, 0.3) is 0 Å². The lowest BCUT2D eigenvalue weighted by Gasteiger charge is -2.19. The maximum atomic E-state index is 10.6. The summed E-state index contributed by atoms with van der Waals surface area (Å²) in [7, 11) is 1.73. The number of nitrogens with zero attached hydrogens (tertiary/aromatic N) is 5. The number of nitrogens with two attached hydrogens (primary N) is 1. The first kappa shape index (κ1) is 12.8. The number of aromatic nitrogens is 4. The van der Waals surface area contributed by atoms with Crippen LogP contribution >= 0.6 is 0 Å². The summed E-state index contributed by atoms with van der Waals surface area (Å²) in [6.45, 7) is 0.315. The minimum absolute atomic E-state index is 0.0110. The molecule has 19 heavy (non-hydrogen) atoms. The van der Waals surface area contributed by atoms with Gasteiger partial charge < -0.3 is 15.7 Å². The molecular weight excluding hydrogens is 248 g/mol. The molecule has 0 unspecified atom stereocenters. The van der Waals surface area contributed by atoms with Gasteiger partial charge in [-0.05, 0) is 6.07 Å². The van der Waals surface area contributed by atoms with Gasteiger partial charge in [-0.1, -0.05) is 0 Å². The van der Waals surface area contributed by atoms with Gasteiger partial charge >= 0.3 is 5.97 Å². The number of anilines is 2. The molecule has 0 fully saturated rings. The van der Waals surface area contributed by atoms with Crippen molar-refractivity contribution in [3.63, 3.8) is 0 Å². The smallest absolute Gasteiger partial charge is 0.305 e. The Kier molecular flexibility index (Phi) is 3.60. The number of hydrogen-bond donors (Lipinski definition) is 2. The largest absolute Gasteiger partial charge is 0.481 e. The zero-order valence-corrected chi connectivity index (χ0v) is 10.4. The van der Waals surface area contributed by atoms with E-state index in [4.69, 9.17) is 10.8 Å². The summed E-state index contributed by atoms with van der Waals surface area (Å²) in [5.74, 6) is 0.0886. The van der Waals surface area contributed by atoms with Gasteiger partial charge in [0, 0.05) is 26.0 Å². The summed E-state index contributed by atoms with van der Waals surface area (Å²) in [5.41, 5.74) is 6.37. The van der Waals surface area contributed by atoms with Crippen LogP contribution in [0.5, 0.6) is 0 Å². The van der Waals surface area contributed by atoms with E-state index in [0.29, 0.717) is 23.9 Å². The van der Waals surface area contributed by atoms with Crippen LogP contribution in [0, 0.1) is 0 Å². The number of nitrogen functional groups attached to an aromatic ring is 1. The van der Waals surface area contributed by atoms with Gasteiger partial charge in [-0.25, -0.2) is 14.6 Å². The lowest BCUT2D eigenvalue weighted by atomic mass is 10.3. The molecule has 2 aromatic rings. The summed E-state index contributed by atoms with van der Waals surface area (Å²) in [5, 5.41) is 12.7. The Morgan fingerprint density at radius 2 is 2.32 bits per heavy atom. The fourth-order valence-corrected chi connectivity index (χ4v) is 1.63. The van der Waals surface area contributed by atoms with Crippen LogP contribution in [0.25, 0.3) is 5.82 Å². The summed E-state index contributed by atoms with van der Waals surface area (Å²) in [4.78, 5) is 20.4. The van der Waals surface area contributed by atoms with Gasteiger partial charge in [0.2, 0.25) is 0 Å². The van der Waals surface area contributed by atoms with E-state index in [1.54, 1.807) is 30.4 Å². The van der Waals surface area contributed by atoms with Crippen LogP contribution in [0.2, 0.25) is 0 Å². The van der Waals surface area contributed by atoms with E-state index in [-0.39, 0.29) is 6.42 Å². The van der Waals surface area contributed by atoms with E-state index in [0.717, 1.165) is 0 Å². The number of carbonyl (C=O) groups is 1. The Morgan fingerprint density at radius 1 is 1.53 bits per heavy atom. The summed E-state index contributed by atoms with van der Waals surface area (Å²) in [6.07, 6.45) is 4.73. The lowest BCUT2D eigenvalue weighted by molar-refractivity contribution is -0.136. The highest BCUT2D eigenvalue weighted by Gasteiger charge is 2.14. The van der Waals surface area contributed by atoms with Gasteiger partial charge in [0.05, 0.1) is 6.42 Å². The SMILES string of the molecule is CN(CCC(=O)O)c1ncnc(-n2cccn2)c1N. The molecule has 0 radical (unpaired) electrons. The van der Waals surface area contributed by atoms with Crippen molar-refractivity contribution in [1.29, 1.82) is 0 Å². The fraction of sp³-hybridized carbons (Fsp3) is 0.273. The van der Waals surface area contributed by atoms with Crippen LogP contribution in [-0.4, -0.2) is 44.4 Å². The number of aliphatic carboxylic acids is 1. The number of rotatable bonds is 5. The van der Waals surface area contributed by atoms with Crippen LogP contribution in [-0.2, 0) is 4.79 Å². The predicted molar refractivity (Wildman–Crippen MR) is 69.1 cm³/mol. The first-order chi connectivity index (χ1) is 9.09. The molecule has 2 rings (SSSR count). The Hall–Kier alpha value is -2.64. The highest BCUT2D eigenvalue weighted by atomic mass is 16.4. The molecule has 0 aliphatic carbocycles. The molecule has 0 aromatic carbocycles. The van der Waals surface area contributed by atoms with Gasteiger partial charge in [0.1, 0.15) is 12.0 Å². The predicted octanol–water partition coefficient (Wildman–Crippen LogP) is 0.155. The molecule has 0 amide bonds. The third-order valence-electron chi connectivity index (χ3n) is 2.59. The molecule has 8 nitrogen and oxygen atoms in total. The van der Waals surface area contributed by atoms with Crippen molar-refractivity contribution in [3.8, 4) is 5.82 Å². The molecule has 0 saturated carbocycles. The van der Waals surface area contributed by atoms with Crippen LogP contribution in [0.4, 0.5) is 11.5 Å². The Bertz CT molecular complexity index is 569. The summed E-state index contributed by atoms with van der Waals surface area (Å²) >= 11 is 0. The average Bonchev–Trinajstić information content (AvgIpc) is 2.90. The average molecular weight is 262 g/mol. The quantitative estimate of drug-likeness (QED) is 0.789. The second kappa shape index (κ2) is 5.34. The minimum atomic E-state index is -0.869. The van der Waals surface area contributed by atoms with E-state index in [1.165, 1.54) is 11.0 Å². The molecule has 2 heterocycles. The fourth-order valence-electron chi connectivity index (χ4n) is 1.63. The Morgan fingerprint density at radius 3 is 2.95 bits per heavy atom. The number of carboxylic acid groups (broad SMARTS) is 1. The number of hydrogen-bond acceptors (Lipinski definition) is 6. The third kappa shape index (κ3) is 2.79. The van der Waals surface area contributed by atoms with Crippen LogP contribution < -0.4 is 10.6 Å². The zero-order chi connectivity index (χ0) is 13.8. The molecule has 8 heteroatoms. The second-order valence-electron chi connectivity index (χ2n) is 3.95. The van der Waals surface area contributed by atoms with Crippen molar-refractivity contribution in [1.82, 2.24) is 19.7 Å². The van der Waals surface area contributed by atoms with Crippen LogP contribution in [0.15, 0.2) is 24.8 Å². The Labute approximate surface area is 109 Å². The maximum absolute atomic E-state index is 10.6. The summed E-state index contributed by atoms with van der Waals surface area (Å²) < 4.78 is 1.53. The van der Waals surface area contributed by atoms with E-state index >= 15 is 0 Å². The molecule has 0 aliphatic heterocycles. The van der Waals surface area contributed by atoms with Gasteiger partial charge in [0.15, 0.2) is 11.6 Å². The van der Waals surface area contributed by atoms with Gasteiger partial charge in [-0.2, -0.15) is 5.10 Å². The van der Waals surface area contributed by atoms with Crippen molar-refractivity contribution in [2.24, 2.45) is 0 Å². The monoisotopic (exact) mass is 262 g/mol.